The van der Waals surface area contributed by atoms with Gasteiger partial charge in [-0.3, -0.25) is 9.69 Å². The smallest absolute Gasteiger partial charge is 0.417 e. The Morgan fingerprint density at radius 3 is 2.21 bits per heavy atom. The van der Waals surface area contributed by atoms with Crippen LogP contribution in [0.5, 0.6) is 0 Å². The predicted octanol–water partition coefficient (Wildman–Crippen LogP) is 5.78. The number of carbonyl (C=O) groups is 2. The zero-order valence-corrected chi connectivity index (χ0v) is 23.5. The van der Waals surface area contributed by atoms with E-state index in [-0.39, 0.29) is 24.0 Å². The second-order valence-electron chi connectivity index (χ2n) is 8.70. The number of benzene rings is 2. The van der Waals surface area contributed by atoms with Crippen molar-refractivity contribution in [2.24, 2.45) is 5.11 Å². The van der Waals surface area contributed by atoms with Crippen LogP contribution in [-0.4, -0.2) is 64.2 Å². The van der Waals surface area contributed by atoms with Crippen LogP contribution in [-0.2, 0) is 19.3 Å². The van der Waals surface area contributed by atoms with Crippen LogP contribution in [0.3, 0.4) is 0 Å². The lowest BCUT2D eigenvalue weighted by molar-refractivity contribution is 0.0773. The molecule has 212 valence electrons. The first-order valence-corrected chi connectivity index (χ1v) is 14.5. The number of methoxy groups -OCH3 is 1. The van der Waals surface area contributed by atoms with E-state index in [2.05, 4.69) is 10.0 Å². The Labute approximate surface area is 230 Å². The molecule has 0 bridgehead atoms. The molecular formula is C27H37N5O6S. The van der Waals surface area contributed by atoms with E-state index in [0.717, 1.165) is 6.42 Å². The molecule has 2 aromatic rings. The molecule has 0 heterocycles. The number of unbranched alkanes of at least 4 members (excludes halogenated alkanes) is 3. The number of carbonyl (C=O) groups excluding carboxylic acids is 2. The molecule has 0 spiro atoms. The van der Waals surface area contributed by atoms with Gasteiger partial charge < -0.3 is 14.4 Å². The summed E-state index contributed by atoms with van der Waals surface area (Å²) in [6.07, 6.45) is 1.83. The molecule has 0 radical (unpaired) electrons. The van der Waals surface area contributed by atoms with Gasteiger partial charge in [0.25, 0.3) is 5.91 Å². The van der Waals surface area contributed by atoms with E-state index in [1.54, 1.807) is 47.4 Å². The van der Waals surface area contributed by atoms with Gasteiger partial charge in [-0.15, -0.1) is 0 Å². The minimum absolute atomic E-state index is 0.0590. The Hall–Kier alpha value is -3.60. The lowest BCUT2D eigenvalue weighted by atomic mass is 10.1. The summed E-state index contributed by atoms with van der Waals surface area (Å²) in [5.41, 5.74) is 7.84. The Bertz CT molecular complexity index is 1200. The minimum Gasteiger partial charge on any atom is -0.429 e. The van der Waals surface area contributed by atoms with Gasteiger partial charge in [0.1, 0.15) is 6.73 Å². The number of rotatable bonds is 16. The Balaban J connectivity index is 2.23. The van der Waals surface area contributed by atoms with E-state index in [0.29, 0.717) is 50.1 Å². The van der Waals surface area contributed by atoms with Crippen LogP contribution in [0.1, 0.15) is 56.3 Å². The number of amides is 2. The van der Waals surface area contributed by atoms with Crippen molar-refractivity contribution < 1.29 is 27.5 Å². The van der Waals surface area contributed by atoms with Gasteiger partial charge in [0.15, 0.2) is 0 Å². The maximum absolute atomic E-state index is 13.4. The number of anilines is 1. The van der Waals surface area contributed by atoms with Crippen molar-refractivity contribution in [1.82, 2.24) is 4.90 Å². The van der Waals surface area contributed by atoms with E-state index in [9.17, 15) is 18.0 Å². The van der Waals surface area contributed by atoms with Gasteiger partial charge in [-0.25, -0.2) is 13.2 Å². The van der Waals surface area contributed by atoms with Gasteiger partial charge in [-0.1, -0.05) is 36.2 Å². The minimum atomic E-state index is -3.99. The molecule has 39 heavy (non-hydrogen) atoms. The molecule has 0 fully saturated rings. The molecule has 0 saturated heterocycles. The fraction of sp³-hybridized carbons (Fsp3) is 0.481. The molecule has 0 aromatic heterocycles. The maximum Gasteiger partial charge on any atom is 0.417 e. The van der Waals surface area contributed by atoms with Gasteiger partial charge in [0.2, 0.25) is 15.3 Å². The summed E-state index contributed by atoms with van der Waals surface area (Å²) >= 11 is 0. The summed E-state index contributed by atoms with van der Waals surface area (Å²) in [5, 5.41) is 3.50. The number of azide groups is 1. The molecule has 1 unspecified atom stereocenters. The lowest BCUT2D eigenvalue weighted by Crippen LogP contribution is -2.38. The van der Waals surface area contributed by atoms with Crippen LogP contribution in [0.2, 0.25) is 0 Å². The molecule has 0 saturated carbocycles. The third-order valence-corrected chi connectivity index (χ3v) is 8.07. The average molecular weight is 560 g/mol. The fourth-order valence-corrected chi connectivity index (χ4v) is 5.47. The topological polar surface area (TPSA) is 142 Å². The van der Waals surface area contributed by atoms with Crippen LogP contribution in [0, 0.1) is 0 Å². The SMILES string of the molecule is CCN(CC)C(=O)c1ccc(N(COC)C(=O)OC(CCCCCCN=[N+]=[N-])S(=O)(=O)c2ccccc2)cc1. The second kappa shape index (κ2) is 16.4. The molecule has 2 rings (SSSR count). The number of hydrogen-bond donors (Lipinski definition) is 0. The van der Waals surface area contributed by atoms with E-state index < -0.39 is 21.4 Å². The Morgan fingerprint density at radius 1 is 0.974 bits per heavy atom. The van der Waals surface area contributed by atoms with Gasteiger partial charge in [-0.05, 0) is 75.0 Å². The summed E-state index contributed by atoms with van der Waals surface area (Å²) in [6, 6.07) is 14.3. The van der Waals surface area contributed by atoms with Crippen LogP contribution >= 0.6 is 0 Å². The molecule has 0 N–H and O–H groups in total. The molecular weight excluding hydrogens is 522 g/mol. The standard InChI is InChI=1S/C27H37N5O6S/c1-4-31(5-2)26(33)22-16-18-23(19-17-22)32(21-37-3)27(34)38-25(15-11-6-7-12-20-29-30-28)39(35,36)24-13-9-8-10-14-24/h8-10,13-14,16-19,25H,4-7,11-12,15,20-21H2,1-3H3. The molecule has 2 amide bonds. The maximum atomic E-state index is 13.4. The van der Waals surface area contributed by atoms with Crippen molar-refractivity contribution in [3.63, 3.8) is 0 Å². The Kier molecular flexibility index (Phi) is 13.3. The molecule has 0 aliphatic rings. The van der Waals surface area contributed by atoms with Crippen LogP contribution in [0.15, 0.2) is 64.6 Å². The van der Waals surface area contributed by atoms with Crippen molar-refractivity contribution >= 4 is 27.5 Å². The van der Waals surface area contributed by atoms with Crippen LogP contribution in [0.4, 0.5) is 10.5 Å². The first-order chi connectivity index (χ1) is 18.8. The molecule has 12 heteroatoms. The molecule has 1 atom stereocenters. The van der Waals surface area contributed by atoms with E-state index in [4.69, 9.17) is 15.0 Å². The third kappa shape index (κ3) is 9.27. The van der Waals surface area contributed by atoms with Crippen molar-refractivity contribution in [3.05, 3.63) is 70.6 Å². The van der Waals surface area contributed by atoms with Crippen LogP contribution in [0.25, 0.3) is 10.4 Å². The highest BCUT2D eigenvalue weighted by molar-refractivity contribution is 7.92. The predicted molar refractivity (Wildman–Crippen MR) is 149 cm³/mol. The molecule has 0 aliphatic heterocycles. The zero-order chi connectivity index (χ0) is 28.7. The van der Waals surface area contributed by atoms with Crippen molar-refractivity contribution in [1.29, 1.82) is 0 Å². The highest BCUT2D eigenvalue weighted by atomic mass is 32.2. The number of sulfone groups is 1. The van der Waals surface area contributed by atoms with E-state index >= 15 is 0 Å². The summed E-state index contributed by atoms with van der Waals surface area (Å²) in [4.78, 5) is 31.6. The Morgan fingerprint density at radius 2 is 1.62 bits per heavy atom. The lowest BCUT2D eigenvalue weighted by Gasteiger charge is -2.25. The van der Waals surface area contributed by atoms with Crippen molar-refractivity contribution in [2.75, 3.05) is 38.4 Å². The summed E-state index contributed by atoms with van der Waals surface area (Å²) < 4.78 is 37.6. The van der Waals surface area contributed by atoms with Gasteiger partial charge in [-0.2, -0.15) is 0 Å². The van der Waals surface area contributed by atoms with Crippen LogP contribution < -0.4 is 4.90 Å². The largest absolute Gasteiger partial charge is 0.429 e. The molecule has 11 nitrogen and oxygen atoms in total. The fourth-order valence-electron chi connectivity index (χ4n) is 3.95. The number of nitrogens with zero attached hydrogens (tertiary/aromatic N) is 5. The summed E-state index contributed by atoms with van der Waals surface area (Å²) in [7, 11) is -2.58. The van der Waals surface area contributed by atoms with Gasteiger partial charge >= 0.3 is 6.09 Å². The highest BCUT2D eigenvalue weighted by Gasteiger charge is 2.32. The van der Waals surface area contributed by atoms with Gasteiger partial charge in [0, 0.05) is 42.9 Å². The normalized spacial score (nSPS) is 11.8. The van der Waals surface area contributed by atoms with E-state index in [1.165, 1.54) is 24.1 Å². The average Bonchev–Trinajstić information content (AvgIpc) is 2.95. The zero-order valence-electron chi connectivity index (χ0n) is 22.7. The summed E-state index contributed by atoms with van der Waals surface area (Å²) in [5.74, 6) is -0.124. The summed E-state index contributed by atoms with van der Waals surface area (Å²) in [6.45, 7) is 5.14. The van der Waals surface area contributed by atoms with Crippen molar-refractivity contribution in [3.8, 4) is 0 Å². The second-order valence-corrected chi connectivity index (χ2v) is 10.8. The number of ether oxygens (including phenoxy) is 2. The highest BCUT2D eigenvalue weighted by Crippen LogP contribution is 2.24. The van der Waals surface area contributed by atoms with E-state index in [1.807, 2.05) is 13.8 Å². The quantitative estimate of drug-likeness (QED) is 0.0839. The van der Waals surface area contributed by atoms with Crippen molar-refractivity contribution in [2.45, 2.75) is 56.3 Å². The first kappa shape index (κ1) is 31.6. The van der Waals surface area contributed by atoms with Gasteiger partial charge in [0.05, 0.1) is 4.90 Å². The number of hydrogen-bond acceptors (Lipinski definition) is 7. The molecule has 2 aromatic carbocycles. The monoisotopic (exact) mass is 559 g/mol. The first-order valence-electron chi connectivity index (χ1n) is 13.0. The molecule has 0 aliphatic carbocycles. The third-order valence-electron chi connectivity index (χ3n) is 6.12.